The summed E-state index contributed by atoms with van der Waals surface area (Å²) in [5.41, 5.74) is 7.46. The summed E-state index contributed by atoms with van der Waals surface area (Å²) in [4.78, 5) is 23.4. The number of carbonyl (C=O) groups excluding carboxylic acids is 1. The van der Waals surface area contributed by atoms with Gasteiger partial charge in [-0.2, -0.15) is 4.79 Å². The Bertz CT molecular complexity index is 492. The molecule has 0 saturated carbocycles. The van der Waals surface area contributed by atoms with E-state index in [9.17, 15) is 4.79 Å². The van der Waals surface area contributed by atoms with Crippen molar-refractivity contribution < 1.29 is 19.1 Å². The molecule has 20 heavy (non-hydrogen) atoms. The van der Waals surface area contributed by atoms with Gasteiger partial charge in [-0.3, -0.25) is 4.79 Å². The predicted molar refractivity (Wildman–Crippen MR) is 75.2 cm³/mol. The molecule has 1 heterocycles. The zero-order valence-electron chi connectivity index (χ0n) is 12.5. The molecule has 0 amide bonds. The molecule has 1 aliphatic heterocycles. The van der Waals surface area contributed by atoms with Crippen molar-refractivity contribution in [2.75, 3.05) is 14.2 Å². The first-order valence-corrected chi connectivity index (χ1v) is 6.34. The highest BCUT2D eigenvalue weighted by Crippen LogP contribution is 2.27. The van der Waals surface area contributed by atoms with Gasteiger partial charge < -0.3 is 15.0 Å². The minimum absolute atomic E-state index is 0.0125. The Balaban J connectivity index is 3.17. The van der Waals surface area contributed by atoms with E-state index in [1.54, 1.807) is 6.92 Å². The highest BCUT2D eigenvalue weighted by atomic mass is 16.5. The number of methoxy groups -OCH3 is 2. The summed E-state index contributed by atoms with van der Waals surface area (Å²) in [6.45, 7) is 5.73. The molecule has 0 saturated heterocycles. The second-order valence-electron chi connectivity index (χ2n) is 5.14. The number of Topliss-reactive ketones (excluding diaryl/α,β-unsaturated/α-hetero) is 1. The van der Waals surface area contributed by atoms with Crippen LogP contribution in [0.25, 0.3) is 5.53 Å². The van der Waals surface area contributed by atoms with Crippen LogP contribution in [0, 0.1) is 5.92 Å². The van der Waals surface area contributed by atoms with E-state index >= 15 is 0 Å². The normalized spacial score (nSPS) is 25.4. The summed E-state index contributed by atoms with van der Waals surface area (Å²) >= 11 is 0. The number of carbonyl (C=O) groups is 1. The standard InChI is InChI=1S/C13H20N4O3/c1-8(2)10-11(19-4)17-13(3,12(16-10)20-5)6-9(18)7-15-14/h7-8,10H,6H2,1-5H3/t10-,13+/m1/s1. The van der Waals surface area contributed by atoms with Crippen molar-refractivity contribution in [2.24, 2.45) is 15.9 Å². The molecule has 7 heteroatoms. The lowest BCUT2D eigenvalue weighted by atomic mass is 9.92. The van der Waals surface area contributed by atoms with E-state index in [0.717, 1.165) is 6.21 Å². The van der Waals surface area contributed by atoms with Crippen LogP contribution in [0.4, 0.5) is 0 Å². The minimum atomic E-state index is -0.955. The van der Waals surface area contributed by atoms with E-state index in [2.05, 4.69) is 14.8 Å². The summed E-state index contributed by atoms with van der Waals surface area (Å²) in [7, 11) is 3.02. The Morgan fingerprint density at radius 1 is 1.50 bits per heavy atom. The van der Waals surface area contributed by atoms with Crippen molar-refractivity contribution >= 4 is 23.8 Å². The van der Waals surface area contributed by atoms with Crippen molar-refractivity contribution in [3.8, 4) is 0 Å². The minimum Gasteiger partial charge on any atom is -0.483 e. The molecule has 0 radical (unpaired) electrons. The zero-order chi connectivity index (χ0) is 15.3. The van der Waals surface area contributed by atoms with Gasteiger partial charge in [0.2, 0.25) is 17.6 Å². The lowest BCUT2D eigenvalue weighted by Gasteiger charge is -2.32. The van der Waals surface area contributed by atoms with Crippen LogP contribution >= 0.6 is 0 Å². The molecule has 0 aromatic heterocycles. The largest absolute Gasteiger partial charge is 0.483 e. The van der Waals surface area contributed by atoms with Crippen molar-refractivity contribution in [1.29, 1.82) is 0 Å². The molecule has 0 unspecified atom stereocenters. The van der Waals surface area contributed by atoms with Crippen LogP contribution in [-0.2, 0) is 14.3 Å². The third kappa shape index (κ3) is 3.30. The van der Waals surface area contributed by atoms with Crippen molar-refractivity contribution in [2.45, 2.75) is 38.8 Å². The van der Waals surface area contributed by atoms with Crippen molar-refractivity contribution in [1.82, 2.24) is 0 Å². The molecule has 0 N–H and O–H groups in total. The SMILES string of the molecule is COC1=N[C@@](C)(CC(=O)C=[N+]=[N-])C(OC)=N[C@@H]1C(C)C. The molecular formula is C13H20N4O3. The summed E-state index contributed by atoms with van der Waals surface area (Å²) in [6.07, 6.45) is 0.830. The molecule has 0 fully saturated rings. The average molecular weight is 280 g/mol. The molecule has 0 spiro atoms. The van der Waals surface area contributed by atoms with Crippen LogP contribution in [0.5, 0.6) is 0 Å². The predicted octanol–water partition coefficient (Wildman–Crippen LogP) is 1.13. The van der Waals surface area contributed by atoms with Crippen LogP contribution in [-0.4, -0.2) is 54.4 Å². The van der Waals surface area contributed by atoms with Crippen molar-refractivity contribution in [3.63, 3.8) is 0 Å². The number of ketones is 1. The number of ether oxygens (including phenoxy) is 2. The number of rotatable bonds is 4. The molecule has 1 aliphatic rings. The summed E-state index contributed by atoms with van der Waals surface area (Å²) in [5, 5.41) is 0. The van der Waals surface area contributed by atoms with Gasteiger partial charge in [-0.15, -0.1) is 0 Å². The number of aliphatic imine (C=N–C) groups is 2. The maximum Gasteiger partial charge on any atom is 0.323 e. The summed E-state index contributed by atoms with van der Waals surface area (Å²) in [6, 6.07) is -0.232. The second kappa shape index (κ2) is 6.43. The van der Waals surface area contributed by atoms with Gasteiger partial charge in [-0.05, 0) is 12.8 Å². The monoisotopic (exact) mass is 280 g/mol. The molecule has 7 nitrogen and oxygen atoms in total. The Kier molecular flexibility index (Phi) is 5.16. The Labute approximate surface area is 118 Å². The van der Waals surface area contributed by atoms with E-state index < -0.39 is 5.54 Å². The van der Waals surface area contributed by atoms with Gasteiger partial charge in [0.1, 0.15) is 11.6 Å². The van der Waals surface area contributed by atoms with Crippen LogP contribution in [0.2, 0.25) is 0 Å². The van der Waals surface area contributed by atoms with Crippen LogP contribution in [0.1, 0.15) is 27.2 Å². The van der Waals surface area contributed by atoms with Crippen LogP contribution < -0.4 is 0 Å². The molecule has 0 aromatic carbocycles. The highest BCUT2D eigenvalue weighted by Gasteiger charge is 2.41. The van der Waals surface area contributed by atoms with Crippen LogP contribution in [0.3, 0.4) is 0 Å². The first-order valence-electron chi connectivity index (χ1n) is 6.34. The van der Waals surface area contributed by atoms with Gasteiger partial charge in [0.05, 0.1) is 20.6 Å². The van der Waals surface area contributed by atoms with Crippen LogP contribution in [0.15, 0.2) is 9.98 Å². The lowest BCUT2D eigenvalue weighted by molar-refractivity contribution is -0.116. The highest BCUT2D eigenvalue weighted by molar-refractivity contribution is 6.26. The smallest absolute Gasteiger partial charge is 0.323 e. The first kappa shape index (κ1) is 16.0. The number of hydrogen-bond donors (Lipinski definition) is 0. The molecule has 2 atom stereocenters. The van der Waals surface area contributed by atoms with Gasteiger partial charge in [0.15, 0.2) is 0 Å². The molecule has 1 rings (SSSR count). The molecule has 0 bridgehead atoms. The first-order chi connectivity index (χ1) is 9.37. The van der Waals surface area contributed by atoms with Gasteiger partial charge >= 0.3 is 6.21 Å². The summed E-state index contributed by atoms with van der Waals surface area (Å²) < 4.78 is 10.6. The quantitative estimate of drug-likeness (QED) is 0.438. The van der Waals surface area contributed by atoms with E-state index in [0.29, 0.717) is 11.8 Å². The van der Waals surface area contributed by atoms with Crippen molar-refractivity contribution in [3.05, 3.63) is 5.53 Å². The Morgan fingerprint density at radius 2 is 2.15 bits per heavy atom. The maximum atomic E-state index is 11.7. The number of hydrogen-bond acceptors (Lipinski definition) is 5. The maximum absolute atomic E-state index is 11.7. The lowest BCUT2D eigenvalue weighted by Crippen LogP contribution is -2.46. The Morgan fingerprint density at radius 3 is 2.60 bits per heavy atom. The fourth-order valence-corrected chi connectivity index (χ4v) is 2.12. The number of nitrogens with zero attached hydrogens (tertiary/aromatic N) is 4. The molecule has 110 valence electrons. The Hall–Kier alpha value is -2.01. The van der Waals surface area contributed by atoms with Gasteiger partial charge in [0, 0.05) is 0 Å². The second-order valence-corrected chi connectivity index (χ2v) is 5.14. The van der Waals surface area contributed by atoms with E-state index in [4.69, 9.17) is 15.0 Å². The molecule has 0 aliphatic carbocycles. The van der Waals surface area contributed by atoms with E-state index in [-0.39, 0.29) is 24.2 Å². The zero-order valence-corrected chi connectivity index (χ0v) is 12.5. The van der Waals surface area contributed by atoms with Gasteiger partial charge in [-0.25, -0.2) is 9.98 Å². The third-order valence-corrected chi connectivity index (χ3v) is 3.08. The van der Waals surface area contributed by atoms with Gasteiger partial charge in [0.25, 0.3) is 0 Å². The van der Waals surface area contributed by atoms with E-state index in [1.807, 2.05) is 13.8 Å². The molecular weight excluding hydrogens is 260 g/mol. The van der Waals surface area contributed by atoms with Gasteiger partial charge in [-0.1, -0.05) is 13.8 Å². The fourth-order valence-electron chi connectivity index (χ4n) is 2.12. The fraction of sp³-hybridized carbons (Fsp3) is 0.692. The third-order valence-electron chi connectivity index (χ3n) is 3.08. The molecule has 0 aromatic rings. The average Bonchev–Trinajstić information content (AvgIpc) is 2.37. The topological polar surface area (TPSA) is 96.7 Å². The summed E-state index contributed by atoms with van der Waals surface area (Å²) in [5.74, 6) is 0.661. The van der Waals surface area contributed by atoms with E-state index in [1.165, 1.54) is 14.2 Å².